The average molecular weight is 292 g/mol. The van der Waals surface area contributed by atoms with E-state index in [1.54, 1.807) is 12.1 Å². The van der Waals surface area contributed by atoms with Gasteiger partial charge in [-0.05, 0) is 42.9 Å². The Morgan fingerprint density at radius 1 is 1.33 bits per heavy atom. The summed E-state index contributed by atoms with van der Waals surface area (Å²) in [6, 6.07) is 4.97. The van der Waals surface area contributed by atoms with Gasteiger partial charge in [-0.1, -0.05) is 26.7 Å². The largest absolute Gasteiger partial charge is 0.380 e. The predicted octanol–water partition coefficient (Wildman–Crippen LogP) is 4.41. The van der Waals surface area contributed by atoms with Gasteiger partial charge >= 0.3 is 0 Å². The summed E-state index contributed by atoms with van der Waals surface area (Å²) in [7, 11) is 0. The molecule has 1 aliphatic carbocycles. The smallest absolute Gasteiger partial charge is 0.221 e. The number of anilines is 2. The van der Waals surface area contributed by atoms with E-state index < -0.39 is 0 Å². The Kier molecular flexibility index (Phi) is 5.21. The Morgan fingerprint density at radius 3 is 2.76 bits per heavy atom. The lowest BCUT2D eigenvalue weighted by atomic mass is 9.79. The fourth-order valence-corrected chi connectivity index (χ4v) is 3.10. The molecule has 0 saturated heterocycles. The summed E-state index contributed by atoms with van der Waals surface area (Å²) in [4.78, 5) is 11.1. The van der Waals surface area contributed by atoms with Crippen LogP contribution in [-0.4, -0.2) is 11.9 Å². The minimum absolute atomic E-state index is 0.148. The monoisotopic (exact) mass is 292 g/mol. The minimum atomic E-state index is -0.268. The van der Waals surface area contributed by atoms with Crippen LogP contribution in [0.5, 0.6) is 0 Å². The zero-order valence-corrected chi connectivity index (χ0v) is 13.1. The third-order valence-electron chi connectivity index (χ3n) is 4.30. The molecule has 1 saturated carbocycles. The standard InChI is InChI=1S/C17H25FN2O/c1-11(2)13-5-4-6-14(9-13)20-17-10-15(19-12(3)21)7-8-16(17)18/h7-8,10-11,13-14,20H,4-6,9H2,1-3H3,(H,19,21). The van der Waals surface area contributed by atoms with Gasteiger partial charge in [-0.15, -0.1) is 0 Å². The number of hydrogen-bond donors (Lipinski definition) is 2. The molecule has 116 valence electrons. The van der Waals surface area contributed by atoms with E-state index in [-0.39, 0.29) is 11.7 Å². The van der Waals surface area contributed by atoms with E-state index in [0.717, 1.165) is 12.8 Å². The zero-order valence-electron chi connectivity index (χ0n) is 13.1. The van der Waals surface area contributed by atoms with E-state index in [1.807, 2.05) is 0 Å². The highest BCUT2D eigenvalue weighted by Gasteiger charge is 2.24. The third kappa shape index (κ3) is 4.45. The quantitative estimate of drug-likeness (QED) is 0.863. The maximum absolute atomic E-state index is 13.9. The molecule has 1 aliphatic rings. The van der Waals surface area contributed by atoms with Gasteiger partial charge in [-0.25, -0.2) is 4.39 Å². The number of carbonyl (C=O) groups excluding carboxylic acids is 1. The molecule has 1 amide bonds. The van der Waals surface area contributed by atoms with Gasteiger partial charge in [-0.2, -0.15) is 0 Å². The second-order valence-electron chi connectivity index (χ2n) is 6.39. The Balaban J connectivity index is 2.06. The molecule has 2 rings (SSSR count). The number of hydrogen-bond acceptors (Lipinski definition) is 2. The van der Waals surface area contributed by atoms with Crippen LogP contribution < -0.4 is 10.6 Å². The second kappa shape index (κ2) is 6.92. The van der Waals surface area contributed by atoms with Crippen LogP contribution in [0.2, 0.25) is 0 Å². The molecule has 0 bridgehead atoms. The molecule has 2 unspecified atom stereocenters. The molecule has 2 atom stereocenters. The molecule has 0 radical (unpaired) electrons. The third-order valence-corrected chi connectivity index (χ3v) is 4.30. The highest BCUT2D eigenvalue weighted by molar-refractivity contribution is 5.89. The second-order valence-corrected chi connectivity index (χ2v) is 6.39. The van der Waals surface area contributed by atoms with Crippen molar-refractivity contribution >= 4 is 17.3 Å². The Morgan fingerprint density at radius 2 is 2.10 bits per heavy atom. The van der Waals surface area contributed by atoms with Crippen molar-refractivity contribution in [2.75, 3.05) is 10.6 Å². The van der Waals surface area contributed by atoms with Gasteiger partial charge in [0.15, 0.2) is 0 Å². The van der Waals surface area contributed by atoms with Crippen LogP contribution in [0.4, 0.5) is 15.8 Å². The highest BCUT2D eigenvalue weighted by atomic mass is 19.1. The maximum atomic E-state index is 13.9. The molecule has 0 heterocycles. The molecule has 1 fully saturated rings. The molecule has 21 heavy (non-hydrogen) atoms. The average Bonchev–Trinajstić information content (AvgIpc) is 2.42. The van der Waals surface area contributed by atoms with Crippen LogP contribution in [0.3, 0.4) is 0 Å². The number of halogens is 1. The molecule has 3 nitrogen and oxygen atoms in total. The molecule has 1 aromatic rings. The molecule has 0 aromatic heterocycles. The lowest BCUT2D eigenvalue weighted by Gasteiger charge is -2.32. The van der Waals surface area contributed by atoms with Crippen LogP contribution in [0.1, 0.15) is 46.5 Å². The summed E-state index contributed by atoms with van der Waals surface area (Å²) >= 11 is 0. The highest BCUT2D eigenvalue weighted by Crippen LogP contribution is 2.32. The fraction of sp³-hybridized carbons (Fsp3) is 0.588. The molecular formula is C17H25FN2O. The van der Waals surface area contributed by atoms with Crippen molar-refractivity contribution in [2.24, 2.45) is 11.8 Å². The number of nitrogens with one attached hydrogen (secondary N) is 2. The van der Waals surface area contributed by atoms with E-state index in [9.17, 15) is 9.18 Å². The van der Waals surface area contributed by atoms with Gasteiger partial charge < -0.3 is 10.6 Å². The number of benzene rings is 1. The molecule has 1 aromatic carbocycles. The molecule has 0 aliphatic heterocycles. The number of carbonyl (C=O) groups is 1. The van der Waals surface area contributed by atoms with Gasteiger partial charge in [0.25, 0.3) is 0 Å². The predicted molar refractivity (Wildman–Crippen MR) is 84.9 cm³/mol. The first kappa shape index (κ1) is 15.8. The number of rotatable bonds is 4. The Hall–Kier alpha value is -1.58. The summed E-state index contributed by atoms with van der Waals surface area (Å²) in [5.74, 6) is 0.962. The Bertz CT molecular complexity index is 502. The van der Waals surface area contributed by atoms with Crippen molar-refractivity contribution in [3.8, 4) is 0 Å². The molecule has 4 heteroatoms. The normalized spacial score (nSPS) is 22.1. The van der Waals surface area contributed by atoms with Crippen LogP contribution >= 0.6 is 0 Å². The first-order chi connectivity index (χ1) is 9.95. The summed E-state index contributed by atoms with van der Waals surface area (Å²) in [6.07, 6.45) is 4.62. The van der Waals surface area contributed by atoms with Crippen LogP contribution in [0.15, 0.2) is 18.2 Å². The van der Waals surface area contributed by atoms with Crippen molar-refractivity contribution in [3.63, 3.8) is 0 Å². The van der Waals surface area contributed by atoms with Crippen molar-refractivity contribution in [2.45, 2.75) is 52.5 Å². The summed E-state index contributed by atoms with van der Waals surface area (Å²) in [5.41, 5.74) is 1.11. The van der Waals surface area contributed by atoms with Gasteiger partial charge in [-0.3, -0.25) is 4.79 Å². The SMILES string of the molecule is CC(=O)Nc1ccc(F)c(NC2CCCC(C(C)C)C2)c1. The van der Waals surface area contributed by atoms with Crippen LogP contribution in [0.25, 0.3) is 0 Å². The van der Waals surface area contributed by atoms with Crippen molar-refractivity contribution in [1.29, 1.82) is 0 Å². The van der Waals surface area contributed by atoms with E-state index in [4.69, 9.17) is 0 Å². The van der Waals surface area contributed by atoms with E-state index in [1.165, 1.54) is 25.8 Å². The van der Waals surface area contributed by atoms with Crippen molar-refractivity contribution in [3.05, 3.63) is 24.0 Å². The maximum Gasteiger partial charge on any atom is 0.221 e. The lowest BCUT2D eigenvalue weighted by molar-refractivity contribution is -0.114. The molecule has 2 N–H and O–H groups in total. The van der Waals surface area contributed by atoms with Gasteiger partial charge in [0, 0.05) is 18.7 Å². The molecular weight excluding hydrogens is 267 g/mol. The first-order valence-corrected chi connectivity index (χ1v) is 7.79. The summed E-state index contributed by atoms with van der Waals surface area (Å²) < 4.78 is 13.9. The van der Waals surface area contributed by atoms with Gasteiger partial charge in [0.2, 0.25) is 5.91 Å². The fourth-order valence-electron chi connectivity index (χ4n) is 3.10. The first-order valence-electron chi connectivity index (χ1n) is 7.79. The lowest BCUT2D eigenvalue weighted by Crippen LogP contribution is -2.29. The van der Waals surface area contributed by atoms with Gasteiger partial charge in [0.1, 0.15) is 5.82 Å². The van der Waals surface area contributed by atoms with Crippen LogP contribution in [0, 0.1) is 17.7 Å². The van der Waals surface area contributed by atoms with Crippen molar-refractivity contribution in [1.82, 2.24) is 0 Å². The van der Waals surface area contributed by atoms with E-state index in [0.29, 0.717) is 29.3 Å². The summed E-state index contributed by atoms with van der Waals surface area (Å²) in [5, 5.41) is 6.01. The Labute approximate surface area is 126 Å². The molecule has 0 spiro atoms. The number of amides is 1. The van der Waals surface area contributed by atoms with Crippen molar-refractivity contribution < 1.29 is 9.18 Å². The van der Waals surface area contributed by atoms with Crippen LogP contribution in [-0.2, 0) is 4.79 Å². The topological polar surface area (TPSA) is 41.1 Å². The van der Waals surface area contributed by atoms with E-state index >= 15 is 0 Å². The zero-order chi connectivity index (χ0) is 15.4. The van der Waals surface area contributed by atoms with Gasteiger partial charge in [0.05, 0.1) is 5.69 Å². The minimum Gasteiger partial charge on any atom is -0.380 e. The van der Waals surface area contributed by atoms with E-state index in [2.05, 4.69) is 24.5 Å². The summed E-state index contributed by atoms with van der Waals surface area (Å²) in [6.45, 7) is 5.96.